The second kappa shape index (κ2) is 10.7. The van der Waals surface area contributed by atoms with E-state index in [-0.39, 0.29) is 11.7 Å². The molecule has 138 valence electrons. The Hall–Kier alpha value is -2.09. The van der Waals surface area contributed by atoms with Crippen LogP contribution >= 0.6 is 11.8 Å². The van der Waals surface area contributed by atoms with Gasteiger partial charge in [0.15, 0.2) is 6.61 Å². The van der Waals surface area contributed by atoms with Gasteiger partial charge in [-0.15, -0.1) is 11.8 Å². The van der Waals surface area contributed by atoms with Crippen LogP contribution in [-0.2, 0) is 23.9 Å². The minimum Gasteiger partial charge on any atom is -0.467 e. The lowest BCUT2D eigenvalue weighted by Gasteiger charge is -2.21. The summed E-state index contributed by atoms with van der Waals surface area (Å²) < 4.78 is 22.9. The summed E-state index contributed by atoms with van der Waals surface area (Å²) >= 11 is 0.982. The SMILES string of the molecule is CC[C@H](C)[C@@H](NC(=O)COC(=O)CSc1ccccc1F)C(=O)OC. The van der Waals surface area contributed by atoms with Gasteiger partial charge in [-0.05, 0) is 18.1 Å². The molecule has 0 unspecified atom stereocenters. The van der Waals surface area contributed by atoms with E-state index in [9.17, 15) is 18.8 Å². The molecule has 1 aromatic rings. The molecule has 2 atom stereocenters. The van der Waals surface area contributed by atoms with Gasteiger partial charge in [0.2, 0.25) is 0 Å². The fourth-order valence-corrected chi connectivity index (χ4v) is 2.63. The Balaban J connectivity index is 2.42. The van der Waals surface area contributed by atoms with E-state index < -0.39 is 36.3 Å². The van der Waals surface area contributed by atoms with E-state index >= 15 is 0 Å². The van der Waals surface area contributed by atoms with Gasteiger partial charge in [-0.2, -0.15) is 0 Å². The highest BCUT2D eigenvalue weighted by atomic mass is 32.2. The molecule has 0 heterocycles. The molecule has 6 nitrogen and oxygen atoms in total. The molecule has 0 radical (unpaired) electrons. The van der Waals surface area contributed by atoms with Crippen molar-refractivity contribution < 1.29 is 28.2 Å². The van der Waals surface area contributed by atoms with E-state index in [4.69, 9.17) is 4.74 Å². The van der Waals surface area contributed by atoms with E-state index in [2.05, 4.69) is 10.1 Å². The van der Waals surface area contributed by atoms with Crippen molar-refractivity contribution in [2.45, 2.75) is 31.2 Å². The Morgan fingerprint density at radius 1 is 1.28 bits per heavy atom. The normalized spacial score (nSPS) is 12.8. The highest BCUT2D eigenvalue weighted by molar-refractivity contribution is 8.00. The number of carbonyl (C=O) groups excluding carboxylic acids is 3. The maximum absolute atomic E-state index is 13.4. The molecular weight excluding hydrogens is 349 g/mol. The summed E-state index contributed by atoms with van der Waals surface area (Å²) in [5.74, 6) is -2.47. The molecule has 0 saturated carbocycles. The zero-order chi connectivity index (χ0) is 18.8. The van der Waals surface area contributed by atoms with E-state index in [1.807, 2.05) is 6.92 Å². The molecule has 0 bridgehead atoms. The quantitative estimate of drug-likeness (QED) is 0.529. The number of rotatable bonds is 9. The number of thioether (sulfide) groups is 1. The number of carbonyl (C=O) groups is 3. The molecule has 0 saturated heterocycles. The van der Waals surface area contributed by atoms with Crippen molar-refractivity contribution in [1.82, 2.24) is 5.32 Å². The first kappa shape index (κ1) is 21.0. The second-order valence-electron chi connectivity index (χ2n) is 5.33. The molecule has 25 heavy (non-hydrogen) atoms. The Kier molecular flexibility index (Phi) is 8.98. The number of hydrogen-bond acceptors (Lipinski definition) is 6. The van der Waals surface area contributed by atoms with Crippen LogP contribution in [0.2, 0.25) is 0 Å². The molecule has 1 N–H and O–H groups in total. The van der Waals surface area contributed by atoms with Crippen molar-refractivity contribution in [2.24, 2.45) is 5.92 Å². The van der Waals surface area contributed by atoms with Crippen molar-refractivity contribution in [3.8, 4) is 0 Å². The lowest BCUT2D eigenvalue weighted by atomic mass is 9.99. The van der Waals surface area contributed by atoms with Gasteiger partial charge in [0, 0.05) is 4.90 Å². The summed E-state index contributed by atoms with van der Waals surface area (Å²) in [5.41, 5.74) is 0. The lowest BCUT2D eigenvalue weighted by molar-refractivity contribution is -0.149. The molecule has 1 rings (SSSR count). The van der Waals surface area contributed by atoms with Crippen molar-refractivity contribution >= 4 is 29.6 Å². The number of hydrogen-bond donors (Lipinski definition) is 1. The molecule has 1 aromatic carbocycles. The summed E-state index contributed by atoms with van der Waals surface area (Å²) in [6.07, 6.45) is 0.666. The fraction of sp³-hybridized carbons (Fsp3) is 0.471. The number of methoxy groups -OCH3 is 1. The maximum Gasteiger partial charge on any atom is 0.328 e. The lowest BCUT2D eigenvalue weighted by Crippen LogP contribution is -2.47. The van der Waals surface area contributed by atoms with Crippen LogP contribution in [-0.4, -0.2) is 43.4 Å². The van der Waals surface area contributed by atoms with E-state index in [1.165, 1.54) is 13.2 Å². The van der Waals surface area contributed by atoms with Crippen LogP contribution in [0.1, 0.15) is 20.3 Å². The number of amides is 1. The van der Waals surface area contributed by atoms with Crippen LogP contribution in [0.15, 0.2) is 29.2 Å². The summed E-state index contributed by atoms with van der Waals surface area (Å²) in [5, 5.41) is 2.50. The number of benzene rings is 1. The van der Waals surface area contributed by atoms with Gasteiger partial charge in [-0.3, -0.25) is 9.59 Å². The molecule has 1 amide bonds. The molecule has 0 aromatic heterocycles. The topological polar surface area (TPSA) is 81.7 Å². The number of ether oxygens (including phenoxy) is 2. The summed E-state index contributed by atoms with van der Waals surface area (Å²) in [4.78, 5) is 35.5. The average molecular weight is 371 g/mol. The van der Waals surface area contributed by atoms with E-state index in [1.54, 1.807) is 25.1 Å². The second-order valence-corrected chi connectivity index (χ2v) is 6.35. The van der Waals surface area contributed by atoms with Crippen molar-refractivity contribution in [1.29, 1.82) is 0 Å². The summed E-state index contributed by atoms with van der Waals surface area (Å²) in [7, 11) is 1.24. The third kappa shape index (κ3) is 7.13. The summed E-state index contributed by atoms with van der Waals surface area (Å²) in [6, 6.07) is 5.26. The monoisotopic (exact) mass is 371 g/mol. The van der Waals surface area contributed by atoms with Crippen LogP contribution < -0.4 is 5.32 Å². The van der Waals surface area contributed by atoms with Gasteiger partial charge in [-0.25, -0.2) is 9.18 Å². The first-order chi connectivity index (χ1) is 11.9. The Morgan fingerprint density at radius 2 is 1.96 bits per heavy atom. The van der Waals surface area contributed by atoms with Crippen LogP contribution in [0.4, 0.5) is 4.39 Å². The van der Waals surface area contributed by atoms with Crippen molar-refractivity contribution in [3.05, 3.63) is 30.1 Å². The van der Waals surface area contributed by atoms with Crippen LogP contribution in [0, 0.1) is 11.7 Å². The zero-order valence-electron chi connectivity index (χ0n) is 14.4. The molecule has 0 aliphatic carbocycles. The van der Waals surface area contributed by atoms with Gasteiger partial charge in [0.05, 0.1) is 12.9 Å². The molecule has 0 fully saturated rings. The maximum atomic E-state index is 13.4. The highest BCUT2D eigenvalue weighted by Crippen LogP contribution is 2.21. The van der Waals surface area contributed by atoms with Crippen LogP contribution in [0.3, 0.4) is 0 Å². The van der Waals surface area contributed by atoms with Gasteiger partial charge in [0.1, 0.15) is 11.9 Å². The van der Waals surface area contributed by atoms with Crippen LogP contribution in [0.25, 0.3) is 0 Å². The minimum absolute atomic E-state index is 0.122. The minimum atomic E-state index is -0.797. The third-order valence-corrected chi connectivity index (χ3v) is 4.55. The van der Waals surface area contributed by atoms with Gasteiger partial charge in [0.25, 0.3) is 5.91 Å². The molecular formula is C17H22FNO5S. The Bertz CT molecular complexity index is 610. The Morgan fingerprint density at radius 3 is 2.56 bits per heavy atom. The average Bonchev–Trinajstić information content (AvgIpc) is 2.62. The molecule has 8 heteroatoms. The number of nitrogens with one attached hydrogen (secondary N) is 1. The predicted molar refractivity (Wildman–Crippen MR) is 91.5 cm³/mol. The Labute approximate surface area is 150 Å². The largest absolute Gasteiger partial charge is 0.467 e. The predicted octanol–water partition coefficient (Wildman–Crippen LogP) is 2.16. The first-order valence-corrected chi connectivity index (χ1v) is 8.77. The number of halogens is 1. The number of esters is 2. The smallest absolute Gasteiger partial charge is 0.328 e. The van der Waals surface area contributed by atoms with Crippen LogP contribution in [0.5, 0.6) is 0 Å². The van der Waals surface area contributed by atoms with Crippen molar-refractivity contribution in [3.63, 3.8) is 0 Å². The van der Waals surface area contributed by atoms with E-state index in [0.717, 1.165) is 11.8 Å². The first-order valence-electron chi connectivity index (χ1n) is 7.79. The molecule has 0 aliphatic rings. The van der Waals surface area contributed by atoms with Gasteiger partial charge < -0.3 is 14.8 Å². The standard InChI is InChI=1S/C17H22FNO5S/c1-4-11(2)16(17(22)23-3)19-14(20)9-24-15(21)10-25-13-8-6-5-7-12(13)18/h5-8,11,16H,4,9-10H2,1-3H3,(H,19,20)/t11-,16+/m0/s1. The van der Waals surface area contributed by atoms with Gasteiger partial charge in [-0.1, -0.05) is 32.4 Å². The third-order valence-electron chi connectivity index (χ3n) is 3.53. The molecule has 0 aliphatic heterocycles. The zero-order valence-corrected chi connectivity index (χ0v) is 15.2. The highest BCUT2D eigenvalue weighted by Gasteiger charge is 2.26. The molecule has 0 spiro atoms. The van der Waals surface area contributed by atoms with E-state index in [0.29, 0.717) is 11.3 Å². The summed E-state index contributed by atoms with van der Waals surface area (Å²) in [6.45, 7) is 3.17. The fourth-order valence-electron chi connectivity index (χ4n) is 1.90. The van der Waals surface area contributed by atoms with Gasteiger partial charge >= 0.3 is 11.9 Å². The van der Waals surface area contributed by atoms with Crippen molar-refractivity contribution in [2.75, 3.05) is 19.5 Å².